The van der Waals surface area contributed by atoms with Crippen molar-refractivity contribution in [1.29, 1.82) is 0 Å². The van der Waals surface area contributed by atoms with Gasteiger partial charge in [-0.3, -0.25) is 0 Å². The van der Waals surface area contributed by atoms with Crippen molar-refractivity contribution >= 4 is 11.6 Å². The minimum absolute atomic E-state index is 0.0764. The van der Waals surface area contributed by atoms with Crippen LogP contribution in [0.25, 0.3) is 0 Å². The van der Waals surface area contributed by atoms with Crippen LogP contribution in [0.1, 0.15) is 0 Å². The molecule has 0 saturated carbocycles. The van der Waals surface area contributed by atoms with Crippen LogP contribution in [0.3, 0.4) is 0 Å². The minimum Gasteiger partial charge on any atom is -0.618 e. The Morgan fingerprint density at radius 3 is 2.88 bits per heavy atom. The molecule has 0 aliphatic heterocycles. The van der Waals surface area contributed by atoms with Crippen LogP contribution in [0.5, 0.6) is 0 Å². The van der Waals surface area contributed by atoms with Gasteiger partial charge in [-0.25, -0.2) is 0 Å². The van der Waals surface area contributed by atoms with Crippen molar-refractivity contribution in [3.63, 3.8) is 0 Å². The monoisotopic (exact) mass is 128 g/mol. The van der Waals surface area contributed by atoms with E-state index in [-0.39, 0.29) is 5.15 Å². The summed E-state index contributed by atoms with van der Waals surface area (Å²) in [5, 5.41) is 10.4. The Kier molecular flexibility index (Phi) is 1.35. The number of hydrogen-bond donors (Lipinski definition) is 0. The van der Waals surface area contributed by atoms with Crippen molar-refractivity contribution in [2.45, 2.75) is 0 Å². The zero-order chi connectivity index (χ0) is 5.98. The van der Waals surface area contributed by atoms with Crippen LogP contribution in [-0.4, -0.2) is 0 Å². The number of hydrogen-bond acceptors (Lipinski definition) is 1. The minimum atomic E-state index is 0.0764. The molecule has 0 amide bonds. The first-order valence-corrected chi connectivity index (χ1v) is 2.44. The highest BCUT2D eigenvalue weighted by atomic mass is 35.5. The van der Waals surface area contributed by atoms with Gasteiger partial charge in [0.05, 0.1) is 6.07 Å². The SMILES string of the molecule is [O-][n+]1ccc[c]c1Cl. The van der Waals surface area contributed by atoms with Gasteiger partial charge in [-0.1, -0.05) is 0 Å². The summed E-state index contributed by atoms with van der Waals surface area (Å²) in [7, 11) is 0. The Balaban J connectivity index is 3.13. The molecule has 0 fully saturated rings. The third-order valence-corrected chi connectivity index (χ3v) is 0.989. The van der Waals surface area contributed by atoms with Gasteiger partial charge in [0.25, 0.3) is 5.15 Å². The highest BCUT2D eigenvalue weighted by Gasteiger charge is 1.93. The van der Waals surface area contributed by atoms with E-state index in [1.54, 1.807) is 12.1 Å². The Morgan fingerprint density at radius 1 is 1.75 bits per heavy atom. The quantitative estimate of drug-likeness (QED) is 0.288. The molecule has 1 heterocycles. The molecule has 0 aromatic carbocycles. The van der Waals surface area contributed by atoms with Gasteiger partial charge in [0, 0.05) is 6.07 Å². The molecule has 0 atom stereocenters. The van der Waals surface area contributed by atoms with Crippen molar-refractivity contribution in [3.8, 4) is 0 Å². The van der Waals surface area contributed by atoms with Crippen molar-refractivity contribution in [3.05, 3.63) is 34.8 Å². The van der Waals surface area contributed by atoms with Gasteiger partial charge in [-0.2, -0.15) is 4.73 Å². The topological polar surface area (TPSA) is 26.9 Å². The molecule has 8 heavy (non-hydrogen) atoms. The zero-order valence-electron chi connectivity index (χ0n) is 3.97. The van der Waals surface area contributed by atoms with Crippen molar-refractivity contribution in [2.24, 2.45) is 0 Å². The number of nitrogens with zero attached hydrogens (tertiary/aromatic N) is 1. The normalized spacial score (nSPS) is 9.12. The van der Waals surface area contributed by atoms with Crippen LogP contribution < -0.4 is 4.73 Å². The molecular weight excluding hydrogens is 126 g/mol. The number of halogens is 1. The largest absolute Gasteiger partial charge is 0.618 e. The van der Waals surface area contributed by atoms with Gasteiger partial charge in [-0.05, 0) is 17.7 Å². The Bertz CT molecular complexity index is 169. The molecule has 1 aromatic heterocycles. The van der Waals surface area contributed by atoms with Crippen LogP contribution in [0, 0.1) is 11.3 Å². The third-order valence-electron chi connectivity index (χ3n) is 0.714. The second kappa shape index (κ2) is 2.01. The number of aromatic nitrogens is 1. The standard InChI is InChI=1S/C5H3ClNO/c6-5-3-1-2-4-7(5)8/h1-2,4H. The molecular formula is C5H3ClNO. The molecule has 3 heteroatoms. The lowest BCUT2D eigenvalue weighted by Crippen LogP contribution is -2.25. The van der Waals surface area contributed by atoms with Crippen LogP contribution in [0.15, 0.2) is 18.3 Å². The lowest BCUT2D eigenvalue weighted by Gasteiger charge is -1.92. The Labute approximate surface area is 51.9 Å². The summed E-state index contributed by atoms with van der Waals surface area (Å²) in [6.45, 7) is 0. The summed E-state index contributed by atoms with van der Waals surface area (Å²) in [6.07, 6.45) is 1.32. The van der Waals surface area contributed by atoms with E-state index in [4.69, 9.17) is 11.6 Å². The second-order valence-corrected chi connectivity index (χ2v) is 1.63. The average molecular weight is 129 g/mol. The summed E-state index contributed by atoms with van der Waals surface area (Å²) in [4.78, 5) is 0. The van der Waals surface area contributed by atoms with E-state index in [0.29, 0.717) is 4.73 Å². The number of pyridine rings is 1. The summed E-state index contributed by atoms with van der Waals surface area (Å²) >= 11 is 5.30. The molecule has 0 aliphatic rings. The molecule has 2 nitrogen and oxygen atoms in total. The first kappa shape index (κ1) is 5.38. The maximum atomic E-state index is 10.4. The lowest BCUT2D eigenvalue weighted by molar-refractivity contribution is -0.603. The molecule has 1 rings (SSSR count). The van der Waals surface area contributed by atoms with Crippen molar-refractivity contribution in [2.75, 3.05) is 0 Å². The fourth-order valence-electron chi connectivity index (χ4n) is 0.367. The second-order valence-electron chi connectivity index (χ2n) is 1.27. The van der Waals surface area contributed by atoms with E-state index in [1.807, 2.05) is 0 Å². The maximum absolute atomic E-state index is 10.4. The average Bonchev–Trinajstić information content (AvgIpc) is 1.77. The molecule has 41 valence electrons. The molecule has 0 spiro atoms. The smallest absolute Gasteiger partial charge is 0.294 e. The predicted octanol–water partition coefficient (Wildman–Crippen LogP) is 0.774. The van der Waals surface area contributed by atoms with Crippen molar-refractivity contribution < 1.29 is 4.73 Å². The molecule has 1 aromatic rings. The molecule has 1 radical (unpaired) electrons. The molecule has 0 aliphatic carbocycles. The fourth-order valence-corrected chi connectivity index (χ4v) is 0.486. The van der Waals surface area contributed by atoms with Crippen molar-refractivity contribution in [1.82, 2.24) is 0 Å². The van der Waals surface area contributed by atoms with Crippen LogP contribution in [0.4, 0.5) is 0 Å². The van der Waals surface area contributed by atoms with Gasteiger partial charge in [0.1, 0.15) is 0 Å². The fraction of sp³-hybridized carbons (Fsp3) is 0. The van der Waals surface area contributed by atoms with Gasteiger partial charge in [0.2, 0.25) is 0 Å². The predicted molar refractivity (Wildman–Crippen MR) is 29.2 cm³/mol. The van der Waals surface area contributed by atoms with Crippen LogP contribution in [-0.2, 0) is 0 Å². The third kappa shape index (κ3) is 0.898. The van der Waals surface area contributed by atoms with Gasteiger partial charge >= 0.3 is 0 Å². The summed E-state index contributed by atoms with van der Waals surface area (Å²) in [6, 6.07) is 5.66. The highest BCUT2D eigenvalue weighted by Crippen LogP contribution is 1.94. The van der Waals surface area contributed by atoms with E-state index in [2.05, 4.69) is 6.07 Å². The van der Waals surface area contributed by atoms with E-state index in [0.717, 1.165) is 0 Å². The van der Waals surface area contributed by atoms with E-state index >= 15 is 0 Å². The highest BCUT2D eigenvalue weighted by molar-refractivity contribution is 6.28. The van der Waals surface area contributed by atoms with Crippen LogP contribution in [0.2, 0.25) is 5.15 Å². The van der Waals surface area contributed by atoms with Gasteiger partial charge in [0.15, 0.2) is 6.20 Å². The molecule has 0 unspecified atom stereocenters. The maximum Gasteiger partial charge on any atom is 0.294 e. The summed E-state index contributed by atoms with van der Waals surface area (Å²) in [5.74, 6) is 0. The van der Waals surface area contributed by atoms with E-state index in [1.165, 1.54) is 6.20 Å². The van der Waals surface area contributed by atoms with E-state index in [9.17, 15) is 5.21 Å². The Morgan fingerprint density at radius 2 is 2.50 bits per heavy atom. The summed E-state index contributed by atoms with van der Waals surface area (Å²) < 4.78 is 0.543. The molecule has 0 N–H and O–H groups in total. The lowest BCUT2D eigenvalue weighted by atomic mass is 10.5. The first-order valence-electron chi connectivity index (χ1n) is 2.06. The Hall–Kier alpha value is -0.760. The molecule has 0 saturated heterocycles. The first-order chi connectivity index (χ1) is 3.80. The molecule has 0 bridgehead atoms. The van der Waals surface area contributed by atoms with Crippen LogP contribution >= 0.6 is 11.6 Å². The zero-order valence-corrected chi connectivity index (χ0v) is 4.72. The number of rotatable bonds is 0. The summed E-state index contributed by atoms with van der Waals surface area (Å²) in [5.41, 5.74) is 0. The van der Waals surface area contributed by atoms with Gasteiger partial charge in [-0.15, -0.1) is 0 Å². The van der Waals surface area contributed by atoms with Gasteiger partial charge < -0.3 is 5.21 Å². The van der Waals surface area contributed by atoms with E-state index < -0.39 is 0 Å².